The van der Waals surface area contributed by atoms with Crippen LogP contribution < -0.4 is 15.8 Å². The Kier molecular flexibility index (Phi) is 6.27. The van der Waals surface area contributed by atoms with E-state index >= 15 is 0 Å². The molecule has 0 aliphatic heterocycles. The van der Waals surface area contributed by atoms with Crippen LogP contribution in [0.5, 0.6) is 5.75 Å². The molecule has 5 heteroatoms. The van der Waals surface area contributed by atoms with Gasteiger partial charge in [0.1, 0.15) is 0 Å². The molecule has 0 aliphatic carbocycles. The minimum Gasteiger partial charge on any atom is -0.490 e. The fraction of sp³-hybridized carbons (Fsp3) is 0.625. The van der Waals surface area contributed by atoms with E-state index in [1.165, 1.54) is 6.07 Å². The molecule has 1 aromatic rings. The molecular weight excluding hydrogens is 271 g/mol. The highest BCUT2D eigenvalue weighted by atomic mass is 19.1. The van der Waals surface area contributed by atoms with Crippen molar-refractivity contribution in [1.82, 2.24) is 0 Å². The second-order valence-corrected chi connectivity index (χ2v) is 6.52. The second kappa shape index (κ2) is 7.50. The monoisotopic (exact) mass is 298 g/mol. The maximum absolute atomic E-state index is 13.7. The first-order valence-electron chi connectivity index (χ1n) is 7.36. The van der Waals surface area contributed by atoms with E-state index in [0.717, 1.165) is 6.42 Å². The summed E-state index contributed by atoms with van der Waals surface area (Å²) in [5.74, 6) is -0.291. The van der Waals surface area contributed by atoms with E-state index in [-0.39, 0.29) is 11.2 Å². The first-order chi connectivity index (χ1) is 9.73. The molecule has 0 aliphatic rings. The molecular formula is C16H27FN2O2. The summed E-state index contributed by atoms with van der Waals surface area (Å²) in [4.78, 5) is 0. The van der Waals surface area contributed by atoms with Gasteiger partial charge in [-0.05, 0) is 18.3 Å². The summed E-state index contributed by atoms with van der Waals surface area (Å²) in [6, 6.07) is 2.79. The van der Waals surface area contributed by atoms with Gasteiger partial charge in [0.15, 0.2) is 11.6 Å². The van der Waals surface area contributed by atoms with Crippen molar-refractivity contribution in [3.63, 3.8) is 0 Å². The summed E-state index contributed by atoms with van der Waals surface area (Å²) in [5.41, 5.74) is 6.72. The van der Waals surface area contributed by atoms with Crippen molar-refractivity contribution >= 4 is 11.4 Å². The van der Waals surface area contributed by atoms with Crippen molar-refractivity contribution in [1.29, 1.82) is 0 Å². The molecule has 0 radical (unpaired) electrons. The number of aliphatic hydroxyl groups is 1. The highest BCUT2D eigenvalue weighted by Crippen LogP contribution is 2.29. The summed E-state index contributed by atoms with van der Waals surface area (Å²) >= 11 is 0. The van der Waals surface area contributed by atoms with Gasteiger partial charge in [0.2, 0.25) is 0 Å². The van der Waals surface area contributed by atoms with E-state index in [9.17, 15) is 9.50 Å². The highest BCUT2D eigenvalue weighted by Gasteiger charge is 2.17. The smallest absolute Gasteiger partial charge is 0.167 e. The topological polar surface area (TPSA) is 67.5 Å². The molecule has 21 heavy (non-hydrogen) atoms. The number of hydrogen-bond acceptors (Lipinski definition) is 4. The quantitative estimate of drug-likeness (QED) is 0.675. The Morgan fingerprint density at radius 1 is 1.38 bits per heavy atom. The first-order valence-corrected chi connectivity index (χ1v) is 7.36. The van der Waals surface area contributed by atoms with E-state index in [0.29, 0.717) is 30.9 Å². The Labute approximate surface area is 126 Å². The van der Waals surface area contributed by atoms with Crippen molar-refractivity contribution in [2.75, 3.05) is 24.2 Å². The molecule has 0 amide bonds. The van der Waals surface area contributed by atoms with Gasteiger partial charge in [-0.1, -0.05) is 27.7 Å². The first kappa shape index (κ1) is 17.6. The lowest BCUT2D eigenvalue weighted by molar-refractivity contribution is 0.132. The van der Waals surface area contributed by atoms with Crippen molar-refractivity contribution < 1.29 is 14.2 Å². The maximum Gasteiger partial charge on any atom is 0.167 e. The van der Waals surface area contributed by atoms with E-state index in [1.54, 1.807) is 6.07 Å². The molecule has 4 nitrogen and oxygen atoms in total. The summed E-state index contributed by atoms with van der Waals surface area (Å²) in [7, 11) is 0. The lowest BCUT2D eigenvalue weighted by Crippen LogP contribution is -2.25. The van der Waals surface area contributed by atoms with Gasteiger partial charge >= 0.3 is 0 Å². The second-order valence-electron chi connectivity index (χ2n) is 6.52. The average Bonchev–Trinajstić information content (AvgIpc) is 2.34. The van der Waals surface area contributed by atoms with Gasteiger partial charge in [0.25, 0.3) is 0 Å². The molecule has 1 atom stereocenters. The number of hydrogen-bond donors (Lipinski definition) is 3. The summed E-state index contributed by atoms with van der Waals surface area (Å²) in [6.45, 7) is 8.97. The number of anilines is 2. The van der Waals surface area contributed by atoms with Crippen molar-refractivity contribution in [2.24, 2.45) is 5.41 Å². The van der Waals surface area contributed by atoms with Crippen LogP contribution in [-0.4, -0.2) is 24.4 Å². The Morgan fingerprint density at radius 2 is 2.05 bits per heavy atom. The van der Waals surface area contributed by atoms with Crippen LogP contribution in [0.4, 0.5) is 15.8 Å². The molecule has 0 saturated heterocycles. The van der Waals surface area contributed by atoms with Crippen LogP contribution in [0.1, 0.15) is 40.5 Å². The lowest BCUT2D eigenvalue weighted by atomic mass is 9.89. The number of nitrogen functional groups attached to an aromatic ring is 1. The molecule has 0 spiro atoms. The van der Waals surface area contributed by atoms with Crippen LogP contribution >= 0.6 is 0 Å². The standard InChI is InChI=1S/C16H27FN2O2/c1-5-6-21-15-8-14(13(18)7-12(15)17)19-10-11(20)9-16(2,3)4/h7-8,11,19-20H,5-6,9-10,18H2,1-4H3. The number of halogens is 1. The largest absolute Gasteiger partial charge is 0.490 e. The van der Waals surface area contributed by atoms with Gasteiger partial charge < -0.3 is 20.9 Å². The minimum atomic E-state index is -0.491. The molecule has 0 aromatic heterocycles. The third-order valence-corrected chi connectivity index (χ3v) is 2.94. The van der Waals surface area contributed by atoms with Crippen LogP contribution in [0.3, 0.4) is 0 Å². The summed E-state index contributed by atoms with van der Waals surface area (Å²) in [6.07, 6.45) is 0.978. The van der Waals surface area contributed by atoms with Gasteiger partial charge in [-0.3, -0.25) is 0 Å². The number of nitrogens with one attached hydrogen (secondary N) is 1. The molecule has 0 saturated carbocycles. The molecule has 1 aromatic carbocycles. The number of benzene rings is 1. The van der Waals surface area contributed by atoms with Gasteiger partial charge in [0, 0.05) is 18.7 Å². The van der Waals surface area contributed by atoms with Crippen LogP contribution in [0.2, 0.25) is 0 Å². The number of ether oxygens (including phenoxy) is 1. The molecule has 1 rings (SSSR count). The average molecular weight is 298 g/mol. The predicted molar refractivity (Wildman–Crippen MR) is 85.2 cm³/mol. The van der Waals surface area contributed by atoms with Gasteiger partial charge in [-0.25, -0.2) is 4.39 Å². The fourth-order valence-corrected chi connectivity index (χ4v) is 2.05. The summed E-state index contributed by atoms with van der Waals surface area (Å²) < 4.78 is 19.0. The molecule has 120 valence electrons. The molecule has 0 bridgehead atoms. The zero-order valence-corrected chi connectivity index (χ0v) is 13.4. The van der Waals surface area contributed by atoms with Crippen LogP contribution in [-0.2, 0) is 0 Å². The molecule has 0 heterocycles. The minimum absolute atomic E-state index is 0.0465. The lowest BCUT2D eigenvalue weighted by Gasteiger charge is -2.23. The number of rotatable bonds is 7. The summed E-state index contributed by atoms with van der Waals surface area (Å²) in [5, 5.41) is 13.1. The fourth-order valence-electron chi connectivity index (χ4n) is 2.05. The predicted octanol–water partition coefficient (Wildman–Crippen LogP) is 3.41. The molecule has 1 unspecified atom stereocenters. The number of aliphatic hydroxyl groups excluding tert-OH is 1. The number of nitrogens with two attached hydrogens (primary N) is 1. The van der Waals surface area contributed by atoms with Crippen molar-refractivity contribution in [3.05, 3.63) is 17.9 Å². The Morgan fingerprint density at radius 3 is 2.62 bits per heavy atom. The Balaban J connectivity index is 2.69. The van der Waals surface area contributed by atoms with Crippen LogP contribution in [0.25, 0.3) is 0 Å². The van der Waals surface area contributed by atoms with Crippen molar-refractivity contribution in [2.45, 2.75) is 46.6 Å². The Hall–Kier alpha value is -1.49. The molecule has 0 fully saturated rings. The zero-order chi connectivity index (χ0) is 16.0. The van der Waals surface area contributed by atoms with Gasteiger partial charge in [-0.15, -0.1) is 0 Å². The van der Waals surface area contributed by atoms with Crippen LogP contribution in [0, 0.1) is 11.2 Å². The molecule has 4 N–H and O–H groups in total. The zero-order valence-electron chi connectivity index (χ0n) is 13.4. The van der Waals surface area contributed by atoms with E-state index in [4.69, 9.17) is 10.5 Å². The van der Waals surface area contributed by atoms with E-state index in [1.807, 2.05) is 6.92 Å². The van der Waals surface area contributed by atoms with Gasteiger partial charge in [0.05, 0.1) is 24.1 Å². The SMILES string of the molecule is CCCOc1cc(NCC(O)CC(C)(C)C)c(N)cc1F. The third-order valence-electron chi connectivity index (χ3n) is 2.94. The third kappa shape index (κ3) is 6.21. The highest BCUT2D eigenvalue weighted by molar-refractivity contribution is 5.68. The van der Waals surface area contributed by atoms with E-state index < -0.39 is 11.9 Å². The normalized spacial score (nSPS) is 13.0. The maximum atomic E-state index is 13.7. The Bertz CT molecular complexity index is 458. The van der Waals surface area contributed by atoms with Crippen molar-refractivity contribution in [3.8, 4) is 5.75 Å². The van der Waals surface area contributed by atoms with Gasteiger partial charge in [-0.2, -0.15) is 0 Å². The van der Waals surface area contributed by atoms with Crippen LogP contribution in [0.15, 0.2) is 12.1 Å². The van der Waals surface area contributed by atoms with E-state index in [2.05, 4.69) is 26.1 Å².